The molecule has 0 aromatic heterocycles. The number of rotatable bonds is 15. The van der Waals surface area contributed by atoms with Gasteiger partial charge in [0.1, 0.15) is 29.0 Å². The Kier molecular flexibility index (Phi) is 13.7. The monoisotopic (exact) mass is 668 g/mol. The van der Waals surface area contributed by atoms with E-state index < -0.39 is 64.7 Å². The molecule has 0 aliphatic carbocycles. The largest absolute Gasteiger partial charge is 0.462 e. The van der Waals surface area contributed by atoms with Gasteiger partial charge in [-0.2, -0.15) is 0 Å². The summed E-state index contributed by atoms with van der Waals surface area (Å²) < 4.78 is 25.6. The van der Waals surface area contributed by atoms with E-state index in [1.807, 2.05) is 0 Å². The number of benzene rings is 2. The lowest BCUT2D eigenvalue weighted by molar-refractivity contribution is -0.163. The van der Waals surface area contributed by atoms with Crippen LogP contribution in [-0.2, 0) is 35.1 Å². The average molecular weight is 669 g/mol. The highest BCUT2D eigenvalue weighted by Gasteiger charge is 2.42. The zero-order valence-corrected chi connectivity index (χ0v) is 28.6. The number of hydrogen-bond acceptors (Lipinski definition) is 8. The van der Waals surface area contributed by atoms with Gasteiger partial charge in [0.2, 0.25) is 17.7 Å². The van der Waals surface area contributed by atoms with Gasteiger partial charge in [0.25, 0.3) is 0 Å². The zero-order chi connectivity index (χ0) is 35.5. The summed E-state index contributed by atoms with van der Waals surface area (Å²) in [5, 5.41) is 5.47. The topological polar surface area (TPSA) is 157 Å². The summed E-state index contributed by atoms with van der Waals surface area (Å²) in [5.74, 6) is -3.27. The smallest absolute Gasteiger partial charge is 0.338 e. The van der Waals surface area contributed by atoms with Gasteiger partial charge in [-0.1, -0.05) is 43.3 Å². The normalized spacial score (nSPS) is 17.1. The molecule has 0 radical (unpaired) electrons. The molecule has 48 heavy (non-hydrogen) atoms. The second-order valence-electron chi connectivity index (χ2n) is 13.3. The fourth-order valence-corrected chi connectivity index (χ4v) is 5.34. The molecule has 4 atom stereocenters. The molecular weight excluding hydrogens is 619 g/mol. The maximum Gasteiger partial charge on any atom is 0.338 e. The number of likely N-dealkylation sites (tertiary alicyclic amines) is 1. The molecule has 0 spiro atoms. The van der Waals surface area contributed by atoms with Crippen LogP contribution in [0, 0.1) is 5.82 Å². The third kappa shape index (κ3) is 10.9. The van der Waals surface area contributed by atoms with Gasteiger partial charge in [0, 0.05) is 13.0 Å². The number of halogens is 1. The lowest BCUT2D eigenvalue weighted by Gasteiger charge is -2.34. The average Bonchev–Trinajstić information content (AvgIpc) is 3.54. The van der Waals surface area contributed by atoms with Crippen LogP contribution >= 0.6 is 0 Å². The van der Waals surface area contributed by atoms with Crippen molar-refractivity contribution in [3.05, 3.63) is 71.5 Å². The summed E-state index contributed by atoms with van der Waals surface area (Å²) in [6, 6.07) is 11.6. The van der Waals surface area contributed by atoms with E-state index >= 15 is 0 Å². The molecule has 1 aliphatic rings. The lowest BCUT2D eigenvalue weighted by atomic mass is 9.94. The molecule has 0 unspecified atom stereocenters. The van der Waals surface area contributed by atoms with E-state index in [2.05, 4.69) is 10.6 Å². The maximum absolute atomic E-state index is 14.7. The molecule has 4 N–H and O–H groups in total. The van der Waals surface area contributed by atoms with Crippen molar-refractivity contribution in [2.75, 3.05) is 13.2 Å². The van der Waals surface area contributed by atoms with E-state index in [-0.39, 0.29) is 38.0 Å². The van der Waals surface area contributed by atoms with Crippen LogP contribution in [0.15, 0.2) is 54.6 Å². The molecule has 0 bridgehead atoms. The summed E-state index contributed by atoms with van der Waals surface area (Å²) in [5.41, 5.74) is 4.60. The molecule has 3 rings (SSSR count). The Morgan fingerprint density at radius 1 is 1.00 bits per heavy atom. The summed E-state index contributed by atoms with van der Waals surface area (Å²) in [7, 11) is 0. The Labute approximate surface area is 282 Å². The van der Waals surface area contributed by atoms with Crippen molar-refractivity contribution in [2.45, 2.75) is 109 Å². The highest BCUT2D eigenvalue weighted by molar-refractivity contribution is 5.96. The number of ether oxygens (including phenoxy) is 2. The van der Waals surface area contributed by atoms with Crippen molar-refractivity contribution >= 4 is 29.7 Å². The standard InChI is InChI=1S/C36H49FN4O7/c1-6-36(5,40-30(42)27(38)19-12-13-22-47-32(44)24-15-8-7-9-16-24)34(46)39-28(23-25-17-10-11-18-26(25)37)31(43)41-21-14-20-29(41)33(45)48-35(2,3)4/h7-11,15-18,27-29H,6,12-14,19-23,38H2,1-5H3,(H,39,46)(H,40,42)/t27-,28-,29+,36-/m0/s1. The van der Waals surface area contributed by atoms with Crippen molar-refractivity contribution < 1.29 is 37.8 Å². The summed E-state index contributed by atoms with van der Waals surface area (Å²) in [6.07, 6.45) is 2.23. The minimum Gasteiger partial charge on any atom is -0.462 e. The summed E-state index contributed by atoms with van der Waals surface area (Å²) in [6.45, 7) is 8.89. The molecule has 1 saturated heterocycles. The number of unbranched alkanes of at least 4 members (excludes halogenated alkanes) is 1. The van der Waals surface area contributed by atoms with Gasteiger partial charge in [-0.3, -0.25) is 14.4 Å². The van der Waals surface area contributed by atoms with E-state index in [1.165, 1.54) is 30.0 Å². The molecule has 12 heteroatoms. The van der Waals surface area contributed by atoms with Crippen molar-refractivity contribution in [1.29, 1.82) is 0 Å². The Morgan fingerprint density at radius 2 is 1.67 bits per heavy atom. The number of hydrogen-bond donors (Lipinski definition) is 3. The van der Waals surface area contributed by atoms with Crippen LogP contribution in [0.2, 0.25) is 0 Å². The van der Waals surface area contributed by atoms with Crippen molar-refractivity contribution in [3.8, 4) is 0 Å². The van der Waals surface area contributed by atoms with E-state index in [1.54, 1.807) is 64.1 Å². The van der Waals surface area contributed by atoms with E-state index in [4.69, 9.17) is 15.2 Å². The maximum atomic E-state index is 14.7. The third-order valence-corrected chi connectivity index (χ3v) is 8.30. The fourth-order valence-electron chi connectivity index (χ4n) is 5.34. The van der Waals surface area contributed by atoms with Crippen LogP contribution in [0.5, 0.6) is 0 Å². The zero-order valence-electron chi connectivity index (χ0n) is 28.6. The first kappa shape index (κ1) is 38.1. The number of nitrogens with one attached hydrogen (secondary N) is 2. The lowest BCUT2D eigenvalue weighted by Crippen LogP contribution is -2.63. The van der Waals surface area contributed by atoms with Crippen molar-refractivity contribution in [3.63, 3.8) is 0 Å². The quantitative estimate of drug-likeness (QED) is 0.191. The van der Waals surface area contributed by atoms with Crippen LogP contribution in [0.3, 0.4) is 0 Å². The molecule has 2 aromatic carbocycles. The number of carbonyl (C=O) groups is 5. The number of nitrogens with two attached hydrogens (primary N) is 1. The van der Waals surface area contributed by atoms with Gasteiger partial charge in [-0.05, 0) is 90.0 Å². The third-order valence-electron chi connectivity index (χ3n) is 8.30. The highest BCUT2D eigenvalue weighted by atomic mass is 19.1. The Balaban J connectivity index is 1.65. The summed E-state index contributed by atoms with van der Waals surface area (Å²) >= 11 is 0. The van der Waals surface area contributed by atoms with Crippen LogP contribution in [0.1, 0.15) is 89.1 Å². The molecule has 2 aromatic rings. The number of amides is 3. The first-order valence-corrected chi connectivity index (χ1v) is 16.5. The Bertz CT molecular complexity index is 1430. The minimum absolute atomic E-state index is 0.164. The van der Waals surface area contributed by atoms with Gasteiger partial charge >= 0.3 is 11.9 Å². The van der Waals surface area contributed by atoms with E-state index in [0.717, 1.165) is 0 Å². The number of esters is 2. The second-order valence-corrected chi connectivity index (χ2v) is 13.3. The molecular formula is C36H49FN4O7. The Hall–Kier alpha value is -4.32. The molecule has 11 nitrogen and oxygen atoms in total. The fraction of sp³-hybridized carbons (Fsp3) is 0.528. The van der Waals surface area contributed by atoms with E-state index in [9.17, 15) is 28.4 Å². The summed E-state index contributed by atoms with van der Waals surface area (Å²) in [4.78, 5) is 67.3. The second kappa shape index (κ2) is 17.2. The van der Waals surface area contributed by atoms with Crippen LogP contribution in [0.4, 0.5) is 4.39 Å². The molecule has 1 aliphatic heterocycles. The first-order chi connectivity index (χ1) is 22.6. The van der Waals surface area contributed by atoms with Crippen molar-refractivity contribution in [2.24, 2.45) is 5.73 Å². The van der Waals surface area contributed by atoms with E-state index in [0.29, 0.717) is 31.2 Å². The highest BCUT2D eigenvalue weighted by Crippen LogP contribution is 2.24. The van der Waals surface area contributed by atoms with Crippen LogP contribution in [0.25, 0.3) is 0 Å². The van der Waals surface area contributed by atoms with Crippen molar-refractivity contribution in [1.82, 2.24) is 15.5 Å². The van der Waals surface area contributed by atoms with Crippen LogP contribution < -0.4 is 16.4 Å². The van der Waals surface area contributed by atoms with Gasteiger partial charge in [0.15, 0.2) is 0 Å². The van der Waals surface area contributed by atoms with Gasteiger partial charge < -0.3 is 30.7 Å². The predicted molar refractivity (Wildman–Crippen MR) is 178 cm³/mol. The molecule has 3 amide bonds. The first-order valence-electron chi connectivity index (χ1n) is 16.5. The number of carbonyl (C=O) groups excluding carboxylic acids is 5. The SMILES string of the molecule is CC[C@](C)(NC(=O)[C@@H](N)CCCCOC(=O)c1ccccc1)C(=O)N[C@@H](Cc1ccccc1F)C(=O)N1CCC[C@@H]1C(=O)OC(C)(C)C. The minimum atomic E-state index is -1.46. The molecule has 0 saturated carbocycles. The molecule has 1 fully saturated rings. The van der Waals surface area contributed by atoms with Gasteiger partial charge in [0.05, 0.1) is 18.2 Å². The van der Waals surface area contributed by atoms with Gasteiger partial charge in [-0.15, -0.1) is 0 Å². The molecule has 262 valence electrons. The predicted octanol–water partition coefficient (Wildman–Crippen LogP) is 3.83. The number of nitrogens with zero attached hydrogens (tertiary/aromatic N) is 1. The van der Waals surface area contributed by atoms with Gasteiger partial charge in [-0.25, -0.2) is 14.0 Å². The van der Waals surface area contributed by atoms with Crippen LogP contribution in [-0.4, -0.2) is 77.0 Å². The Morgan fingerprint density at radius 3 is 2.31 bits per heavy atom. The molecule has 1 heterocycles.